The van der Waals surface area contributed by atoms with E-state index in [1.54, 1.807) is 18.2 Å². The number of fused-ring (bicyclic) bond motifs is 1. The maximum Gasteiger partial charge on any atom is 0.420 e. The summed E-state index contributed by atoms with van der Waals surface area (Å²) in [5, 5.41) is 10.1. The van der Waals surface area contributed by atoms with E-state index in [1.165, 1.54) is 24.8 Å². The number of hydrogen-bond acceptors (Lipinski definition) is 5. The van der Waals surface area contributed by atoms with Crippen molar-refractivity contribution in [2.75, 3.05) is 20.8 Å². The lowest BCUT2D eigenvalue weighted by Crippen LogP contribution is -2.27. The van der Waals surface area contributed by atoms with Crippen LogP contribution in [-0.4, -0.2) is 41.3 Å². The van der Waals surface area contributed by atoms with Gasteiger partial charge >= 0.3 is 6.18 Å². The van der Waals surface area contributed by atoms with Gasteiger partial charge in [0.05, 0.1) is 25.7 Å². The molecule has 0 atom stereocenters. The number of rotatable bonds is 7. The molecule has 11 heteroatoms. The SMILES string of the molecule is COc1ccc(CC(=O)NCCc2nnc3c(C(F)(F)F)cc(Cl)cn23)c(OC)c1. The first-order chi connectivity index (χ1) is 14.2. The van der Waals surface area contributed by atoms with Crippen LogP contribution in [0.1, 0.15) is 17.0 Å². The number of hydrogen-bond donors (Lipinski definition) is 1. The van der Waals surface area contributed by atoms with Gasteiger partial charge in [0.15, 0.2) is 5.65 Å². The highest BCUT2D eigenvalue weighted by Crippen LogP contribution is 2.33. The number of nitrogens with one attached hydrogen (secondary N) is 1. The monoisotopic (exact) mass is 442 g/mol. The van der Waals surface area contributed by atoms with Gasteiger partial charge in [-0.25, -0.2) is 0 Å². The van der Waals surface area contributed by atoms with E-state index < -0.39 is 11.7 Å². The predicted molar refractivity (Wildman–Crippen MR) is 103 cm³/mol. The molecule has 30 heavy (non-hydrogen) atoms. The third-order valence-corrected chi connectivity index (χ3v) is 4.57. The number of carbonyl (C=O) groups excluding carboxylic acids is 1. The summed E-state index contributed by atoms with van der Waals surface area (Å²) in [6, 6.07) is 5.92. The number of methoxy groups -OCH3 is 2. The Bertz CT molecular complexity index is 1070. The molecule has 3 aromatic rings. The number of benzene rings is 1. The summed E-state index contributed by atoms with van der Waals surface area (Å²) in [6.45, 7) is 0.159. The third-order valence-electron chi connectivity index (χ3n) is 4.36. The average Bonchev–Trinajstić information content (AvgIpc) is 3.09. The van der Waals surface area contributed by atoms with Crippen molar-refractivity contribution < 1.29 is 27.4 Å². The Morgan fingerprint density at radius 1 is 1.20 bits per heavy atom. The van der Waals surface area contributed by atoms with Gasteiger partial charge in [0, 0.05) is 30.8 Å². The minimum Gasteiger partial charge on any atom is -0.497 e. The normalized spacial score (nSPS) is 11.5. The summed E-state index contributed by atoms with van der Waals surface area (Å²) in [7, 11) is 3.02. The molecule has 0 bridgehead atoms. The van der Waals surface area contributed by atoms with E-state index in [0.29, 0.717) is 17.1 Å². The maximum atomic E-state index is 13.2. The summed E-state index contributed by atoms with van der Waals surface area (Å²) in [5.74, 6) is 1.09. The molecule has 0 radical (unpaired) electrons. The van der Waals surface area contributed by atoms with Crippen molar-refractivity contribution in [1.29, 1.82) is 0 Å². The number of alkyl halides is 3. The van der Waals surface area contributed by atoms with Crippen molar-refractivity contribution in [3.8, 4) is 11.5 Å². The molecule has 160 valence electrons. The van der Waals surface area contributed by atoms with Gasteiger partial charge in [-0.2, -0.15) is 13.2 Å². The van der Waals surface area contributed by atoms with Gasteiger partial charge in [0.1, 0.15) is 22.9 Å². The molecule has 0 aliphatic carbocycles. The average molecular weight is 443 g/mol. The van der Waals surface area contributed by atoms with Crippen LogP contribution in [0.15, 0.2) is 30.5 Å². The second-order valence-electron chi connectivity index (χ2n) is 6.33. The minimum atomic E-state index is -4.61. The number of ether oxygens (including phenoxy) is 2. The minimum absolute atomic E-state index is 0.0673. The Hall–Kier alpha value is -3.01. The molecule has 0 saturated carbocycles. The van der Waals surface area contributed by atoms with Gasteiger partial charge in [0.2, 0.25) is 5.91 Å². The van der Waals surface area contributed by atoms with E-state index in [1.807, 2.05) is 0 Å². The standard InChI is InChI=1S/C19H18ClF3N4O3/c1-29-13-4-3-11(15(9-13)30-2)7-17(28)24-6-5-16-25-26-18-14(19(21,22)23)8-12(20)10-27(16)18/h3-4,8-10H,5-7H2,1-2H3,(H,24,28). The number of aromatic nitrogens is 3. The van der Waals surface area contributed by atoms with Crippen LogP contribution in [0.4, 0.5) is 13.2 Å². The van der Waals surface area contributed by atoms with E-state index in [4.69, 9.17) is 21.1 Å². The number of pyridine rings is 1. The Morgan fingerprint density at radius 3 is 2.63 bits per heavy atom. The third kappa shape index (κ3) is 4.76. The molecule has 0 aliphatic rings. The Balaban J connectivity index is 1.66. The van der Waals surface area contributed by atoms with E-state index in [9.17, 15) is 18.0 Å². The molecular formula is C19H18ClF3N4O3. The molecule has 1 aromatic carbocycles. The number of carbonyl (C=O) groups is 1. The van der Waals surface area contributed by atoms with Crippen LogP contribution >= 0.6 is 11.6 Å². The first-order valence-corrected chi connectivity index (χ1v) is 9.18. The van der Waals surface area contributed by atoms with Crippen molar-refractivity contribution in [2.45, 2.75) is 19.0 Å². The number of nitrogens with zero attached hydrogens (tertiary/aromatic N) is 3. The molecule has 0 saturated heterocycles. The topological polar surface area (TPSA) is 77.8 Å². The van der Waals surface area contributed by atoms with Gasteiger partial charge < -0.3 is 14.8 Å². The van der Waals surface area contributed by atoms with Crippen LogP contribution in [-0.2, 0) is 23.8 Å². The van der Waals surface area contributed by atoms with Gasteiger partial charge in [0.25, 0.3) is 0 Å². The largest absolute Gasteiger partial charge is 0.497 e. The fraction of sp³-hybridized carbons (Fsp3) is 0.316. The van der Waals surface area contributed by atoms with Gasteiger partial charge in [-0.05, 0) is 12.1 Å². The zero-order valence-corrected chi connectivity index (χ0v) is 16.8. The summed E-state index contributed by atoms with van der Waals surface area (Å²) in [4.78, 5) is 12.3. The summed E-state index contributed by atoms with van der Waals surface area (Å²) < 4.78 is 51.1. The summed E-state index contributed by atoms with van der Waals surface area (Å²) in [6.07, 6.45) is -3.06. The van der Waals surface area contributed by atoms with Gasteiger partial charge in [-0.15, -0.1) is 10.2 Å². The predicted octanol–water partition coefficient (Wildman–Crippen LogP) is 3.32. The zero-order valence-electron chi connectivity index (χ0n) is 16.1. The van der Waals surface area contributed by atoms with Crippen LogP contribution in [0.2, 0.25) is 5.02 Å². The summed E-state index contributed by atoms with van der Waals surface area (Å²) in [5.41, 5.74) is -0.633. The van der Waals surface area contributed by atoms with Crippen molar-refractivity contribution in [2.24, 2.45) is 0 Å². The van der Waals surface area contributed by atoms with E-state index in [2.05, 4.69) is 15.5 Å². The first-order valence-electron chi connectivity index (χ1n) is 8.81. The second-order valence-corrected chi connectivity index (χ2v) is 6.77. The molecule has 3 rings (SSSR count). The molecule has 2 aromatic heterocycles. The van der Waals surface area contributed by atoms with E-state index >= 15 is 0 Å². The molecule has 0 unspecified atom stereocenters. The fourth-order valence-corrected chi connectivity index (χ4v) is 3.14. The highest BCUT2D eigenvalue weighted by atomic mass is 35.5. The summed E-state index contributed by atoms with van der Waals surface area (Å²) >= 11 is 5.82. The van der Waals surface area contributed by atoms with Gasteiger partial charge in [-0.3, -0.25) is 9.20 Å². The molecule has 0 aliphatic heterocycles. The molecule has 7 nitrogen and oxygen atoms in total. The van der Waals surface area contributed by atoms with Crippen LogP contribution < -0.4 is 14.8 Å². The lowest BCUT2D eigenvalue weighted by molar-refractivity contribution is -0.136. The molecule has 2 heterocycles. The Kier molecular flexibility index (Phi) is 6.35. The Morgan fingerprint density at radius 2 is 1.97 bits per heavy atom. The van der Waals surface area contributed by atoms with E-state index in [0.717, 1.165) is 6.07 Å². The van der Waals surface area contributed by atoms with Crippen molar-refractivity contribution in [3.05, 3.63) is 52.4 Å². The fourth-order valence-electron chi connectivity index (χ4n) is 2.93. The van der Waals surface area contributed by atoms with Crippen LogP contribution in [0, 0.1) is 0 Å². The lowest BCUT2D eigenvalue weighted by atomic mass is 10.1. The zero-order chi connectivity index (χ0) is 21.9. The van der Waals surface area contributed by atoms with Crippen LogP contribution in [0.25, 0.3) is 5.65 Å². The van der Waals surface area contributed by atoms with Crippen LogP contribution in [0.5, 0.6) is 11.5 Å². The molecule has 1 N–H and O–H groups in total. The number of amides is 1. The van der Waals surface area contributed by atoms with Crippen molar-refractivity contribution in [1.82, 2.24) is 19.9 Å². The molecule has 0 fully saturated rings. The van der Waals surface area contributed by atoms with Crippen LogP contribution in [0.3, 0.4) is 0 Å². The molecule has 1 amide bonds. The highest BCUT2D eigenvalue weighted by Gasteiger charge is 2.35. The Labute approximate surface area is 174 Å². The molecular weight excluding hydrogens is 425 g/mol. The smallest absolute Gasteiger partial charge is 0.420 e. The van der Waals surface area contributed by atoms with Crippen molar-refractivity contribution in [3.63, 3.8) is 0 Å². The first kappa shape index (κ1) is 21.7. The lowest BCUT2D eigenvalue weighted by Gasteiger charge is -2.11. The highest BCUT2D eigenvalue weighted by molar-refractivity contribution is 6.30. The second kappa shape index (κ2) is 8.78. The number of halogens is 4. The quantitative estimate of drug-likeness (QED) is 0.607. The maximum absolute atomic E-state index is 13.2. The van der Waals surface area contributed by atoms with Gasteiger partial charge in [-0.1, -0.05) is 17.7 Å². The van der Waals surface area contributed by atoms with E-state index in [-0.39, 0.29) is 41.8 Å². The molecule has 0 spiro atoms. The van der Waals surface area contributed by atoms with Crippen molar-refractivity contribution >= 4 is 23.2 Å².